The molecule has 0 aliphatic rings. The van der Waals surface area contributed by atoms with Gasteiger partial charge in [0.1, 0.15) is 5.82 Å². The molecule has 0 aliphatic heterocycles. The van der Waals surface area contributed by atoms with Crippen molar-refractivity contribution in [1.29, 1.82) is 0 Å². The molecule has 5 aromatic rings. The number of hydrazine groups is 1. The number of pyridine rings is 1. The molecule has 0 aliphatic carbocycles. The third-order valence-electron chi connectivity index (χ3n) is 5.96. The summed E-state index contributed by atoms with van der Waals surface area (Å²) in [5.74, 6) is 6.21. The van der Waals surface area contributed by atoms with E-state index in [0.29, 0.717) is 32.7 Å². The number of imidazole rings is 1. The lowest BCUT2D eigenvalue weighted by molar-refractivity contribution is 0.117. The molecule has 1 atom stereocenters. The monoisotopic (exact) mass is 489 g/mol. The van der Waals surface area contributed by atoms with Crippen LogP contribution in [0.4, 0.5) is 5.82 Å². The molecule has 0 bridgehead atoms. The van der Waals surface area contributed by atoms with Crippen LogP contribution < -0.4 is 11.3 Å². The van der Waals surface area contributed by atoms with Gasteiger partial charge in [-0.3, -0.25) is 0 Å². The van der Waals surface area contributed by atoms with Crippen LogP contribution in [0.3, 0.4) is 0 Å². The van der Waals surface area contributed by atoms with Crippen LogP contribution in [0.5, 0.6) is 0 Å². The SMILES string of the molecule is Cn1cncc1C(O)(c1ccc(Cl)cc1)c1ccc2nc(NN)cc(-c3cccc(Cl)c3)c2c1. The lowest BCUT2D eigenvalue weighted by Crippen LogP contribution is -2.31. The quantitative estimate of drug-likeness (QED) is 0.223. The lowest BCUT2D eigenvalue weighted by Gasteiger charge is -2.30. The molecule has 8 heteroatoms. The minimum Gasteiger partial charge on any atom is -0.374 e. The number of aromatic nitrogens is 3. The zero-order valence-electron chi connectivity index (χ0n) is 18.2. The number of nitrogen functional groups attached to an aromatic ring is 1. The number of anilines is 1. The Bertz CT molecular complexity index is 1500. The molecule has 0 saturated heterocycles. The molecule has 34 heavy (non-hydrogen) atoms. The molecular weight excluding hydrogens is 469 g/mol. The van der Waals surface area contributed by atoms with Gasteiger partial charge in [-0.25, -0.2) is 15.8 Å². The maximum atomic E-state index is 12.3. The topological polar surface area (TPSA) is 89.0 Å². The van der Waals surface area contributed by atoms with Gasteiger partial charge in [-0.15, -0.1) is 0 Å². The zero-order chi connectivity index (χ0) is 23.9. The maximum absolute atomic E-state index is 12.3. The molecule has 2 aromatic heterocycles. The van der Waals surface area contributed by atoms with Gasteiger partial charge >= 0.3 is 0 Å². The van der Waals surface area contributed by atoms with Crippen LogP contribution in [0.15, 0.2) is 85.3 Å². The molecule has 0 saturated carbocycles. The van der Waals surface area contributed by atoms with Crippen molar-refractivity contribution in [3.63, 3.8) is 0 Å². The molecule has 6 nitrogen and oxygen atoms in total. The highest BCUT2D eigenvalue weighted by molar-refractivity contribution is 6.31. The van der Waals surface area contributed by atoms with Gasteiger partial charge in [0.25, 0.3) is 0 Å². The smallest absolute Gasteiger partial charge is 0.156 e. The van der Waals surface area contributed by atoms with Gasteiger partial charge in [-0.1, -0.05) is 53.5 Å². The molecule has 0 spiro atoms. The van der Waals surface area contributed by atoms with E-state index in [2.05, 4.69) is 15.4 Å². The van der Waals surface area contributed by atoms with E-state index in [9.17, 15) is 5.11 Å². The highest BCUT2D eigenvalue weighted by atomic mass is 35.5. The Labute approximate surface area is 206 Å². The van der Waals surface area contributed by atoms with Crippen molar-refractivity contribution in [2.45, 2.75) is 5.60 Å². The normalized spacial score (nSPS) is 13.1. The van der Waals surface area contributed by atoms with Crippen LogP contribution in [0.1, 0.15) is 16.8 Å². The number of nitrogens with zero attached hydrogens (tertiary/aromatic N) is 3. The fraction of sp³-hybridized carbons (Fsp3) is 0.0769. The van der Waals surface area contributed by atoms with Gasteiger partial charge in [-0.05, 0) is 64.7 Å². The van der Waals surface area contributed by atoms with Gasteiger partial charge in [0.15, 0.2) is 5.60 Å². The largest absolute Gasteiger partial charge is 0.374 e. The summed E-state index contributed by atoms with van der Waals surface area (Å²) >= 11 is 12.4. The van der Waals surface area contributed by atoms with Crippen LogP contribution >= 0.6 is 23.2 Å². The Morgan fingerprint density at radius 1 is 0.941 bits per heavy atom. The zero-order valence-corrected chi connectivity index (χ0v) is 19.7. The Morgan fingerprint density at radius 2 is 1.71 bits per heavy atom. The molecule has 3 aromatic carbocycles. The number of benzene rings is 3. The molecule has 0 amide bonds. The Morgan fingerprint density at radius 3 is 2.38 bits per heavy atom. The number of nitrogens with two attached hydrogens (primary N) is 1. The predicted octanol–water partition coefficient (Wildman–Crippen LogP) is 5.51. The summed E-state index contributed by atoms with van der Waals surface area (Å²) in [6.45, 7) is 0. The second-order valence-electron chi connectivity index (χ2n) is 8.05. The average Bonchev–Trinajstić information content (AvgIpc) is 3.29. The van der Waals surface area contributed by atoms with Gasteiger partial charge < -0.3 is 15.1 Å². The number of rotatable bonds is 5. The molecule has 0 radical (unpaired) electrons. The van der Waals surface area contributed by atoms with Crippen LogP contribution in [0, 0.1) is 0 Å². The summed E-state index contributed by atoms with van der Waals surface area (Å²) in [6, 6.07) is 22.3. The van der Waals surface area contributed by atoms with Crippen molar-refractivity contribution >= 4 is 39.9 Å². The number of fused-ring (bicyclic) bond motifs is 1. The van der Waals surface area contributed by atoms with Crippen LogP contribution in [0.25, 0.3) is 22.0 Å². The fourth-order valence-electron chi connectivity index (χ4n) is 4.28. The van der Waals surface area contributed by atoms with Crippen molar-refractivity contribution in [1.82, 2.24) is 14.5 Å². The molecule has 4 N–H and O–H groups in total. The number of aliphatic hydroxyl groups is 1. The lowest BCUT2D eigenvalue weighted by atomic mass is 9.82. The van der Waals surface area contributed by atoms with Crippen molar-refractivity contribution in [2.75, 3.05) is 5.43 Å². The van der Waals surface area contributed by atoms with Crippen LogP contribution in [0.2, 0.25) is 10.0 Å². The average molecular weight is 490 g/mol. The van der Waals surface area contributed by atoms with Crippen molar-refractivity contribution in [3.8, 4) is 11.1 Å². The van der Waals surface area contributed by atoms with E-state index in [1.54, 1.807) is 29.2 Å². The summed E-state index contributed by atoms with van der Waals surface area (Å²) in [4.78, 5) is 8.85. The molecular formula is C26H21Cl2N5O. The van der Waals surface area contributed by atoms with E-state index < -0.39 is 5.60 Å². The van der Waals surface area contributed by atoms with Crippen LogP contribution in [-0.2, 0) is 12.6 Å². The molecule has 170 valence electrons. The van der Waals surface area contributed by atoms with E-state index in [0.717, 1.165) is 22.0 Å². The molecule has 2 heterocycles. The minimum atomic E-state index is -1.49. The standard InChI is InChI=1S/C26H21Cl2N5O/c1-33-15-30-14-24(33)26(34,17-5-8-19(27)9-6-17)18-7-10-23-22(12-18)21(13-25(31-23)32-29)16-3-2-4-20(28)11-16/h2-15,34H,29H2,1H3,(H,31,32). The van der Waals surface area contributed by atoms with Gasteiger partial charge in [0, 0.05) is 22.5 Å². The van der Waals surface area contributed by atoms with Gasteiger partial charge in [0.05, 0.1) is 23.7 Å². The first kappa shape index (κ1) is 22.4. The van der Waals surface area contributed by atoms with Gasteiger partial charge in [0.2, 0.25) is 0 Å². The van der Waals surface area contributed by atoms with Crippen molar-refractivity contribution in [2.24, 2.45) is 12.9 Å². The second kappa shape index (κ2) is 8.74. The molecule has 0 fully saturated rings. The Balaban J connectivity index is 1.80. The summed E-state index contributed by atoms with van der Waals surface area (Å²) in [6.07, 6.45) is 3.33. The first-order valence-electron chi connectivity index (χ1n) is 10.5. The summed E-state index contributed by atoms with van der Waals surface area (Å²) in [5.41, 5.74) is 5.59. The van der Waals surface area contributed by atoms with E-state index in [-0.39, 0.29) is 0 Å². The van der Waals surface area contributed by atoms with Crippen LogP contribution in [-0.4, -0.2) is 19.6 Å². The van der Waals surface area contributed by atoms with E-state index in [1.165, 1.54) is 0 Å². The molecule has 1 unspecified atom stereocenters. The minimum absolute atomic E-state index is 0.523. The Kier molecular flexibility index (Phi) is 5.75. The maximum Gasteiger partial charge on any atom is 0.156 e. The second-order valence-corrected chi connectivity index (χ2v) is 8.92. The first-order chi connectivity index (χ1) is 16.4. The fourth-order valence-corrected chi connectivity index (χ4v) is 4.60. The summed E-state index contributed by atoms with van der Waals surface area (Å²) in [5, 5.41) is 14.3. The third-order valence-corrected chi connectivity index (χ3v) is 6.45. The highest BCUT2D eigenvalue weighted by Crippen LogP contribution is 2.40. The van der Waals surface area contributed by atoms with E-state index in [4.69, 9.17) is 29.0 Å². The molecule has 5 rings (SSSR count). The number of hydrogen-bond donors (Lipinski definition) is 3. The van der Waals surface area contributed by atoms with E-state index in [1.807, 2.05) is 67.7 Å². The summed E-state index contributed by atoms with van der Waals surface area (Å²) < 4.78 is 1.80. The third kappa shape index (κ3) is 3.81. The number of nitrogens with one attached hydrogen (secondary N) is 1. The summed E-state index contributed by atoms with van der Waals surface area (Å²) in [7, 11) is 1.85. The van der Waals surface area contributed by atoms with Gasteiger partial charge in [-0.2, -0.15) is 0 Å². The van der Waals surface area contributed by atoms with Crippen molar-refractivity contribution in [3.05, 3.63) is 112 Å². The Hall–Kier alpha value is -3.42. The predicted molar refractivity (Wildman–Crippen MR) is 137 cm³/mol. The first-order valence-corrected chi connectivity index (χ1v) is 11.3. The van der Waals surface area contributed by atoms with Crippen molar-refractivity contribution < 1.29 is 5.11 Å². The number of aryl methyl sites for hydroxylation is 1. The number of halogens is 2. The number of hydrogen-bond acceptors (Lipinski definition) is 5. The highest BCUT2D eigenvalue weighted by Gasteiger charge is 2.37. The van der Waals surface area contributed by atoms with E-state index >= 15 is 0 Å².